The molecule has 0 aromatic heterocycles. The fourth-order valence-corrected chi connectivity index (χ4v) is 2.45. The van der Waals surface area contributed by atoms with Crippen LogP contribution in [0, 0.1) is 11.3 Å². The van der Waals surface area contributed by atoms with E-state index in [0.717, 1.165) is 11.1 Å². The van der Waals surface area contributed by atoms with E-state index in [1.54, 1.807) is 18.2 Å². The summed E-state index contributed by atoms with van der Waals surface area (Å²) >= 11 is 0. The van der Waals surface area contributed by atoms with Crippen molar-refractivity contribution >= 4 is 6.03 Å². The summed E-state index contributed by atoms with van der Waals surface area (Å²) in [6, 6.07) is 18.5. The van der Waals surface area contributed by atoms with Gasteiger partial charge in [0, 0.05) is 13.2 Å². The topological polar surface area (TPSA) is 85.2 Å². The molecule has 0 aliphatic heterocycles. The van der Waals surface area contributed by atoms with Gasteiger partial charge in [0.25, 0.3) is 0 Å². The van der Waals surface area contributed by atoms with Crippen molar-refractivity contribution in [3.05, 3.63) is 71.3 Å². The molecule has 5 heteroatoms. The second-order valence-electron chi connectivity index (χ2n) is 5.47. The molecular weight excluding hydrogens is 302 g/mol. The van der Waals surface area contributed by atoms with Crippen LogP contribution in [0.3, 0.4) is 0 Å². The number of carbonyl (C=O) groups is 1. The van der Waals surface area contributed by atoms with Crippen LogP contribution in [-0.4, -0.2) is 17.7 Å². The number of amides is 2. The first-order chi connectivity index (χ1) is 11.7. The molecule has 0 saturated heterocycles. The largest absolute Gasteiger partial charge is 0.396 e. The summed E-state index contributed by atoms with van der Waals surface area (Å²) in [6.07, 6.45) is 1.28. The highest BCUT2D eigenvalue weighted by molar-refractivity contribution is 5.74. The molecule has 3 N–H and O–H groups in total. The van der Waals surface area contributed by atoms with E-state index in [1.807, 2.05) is 36.4 Å². The van der Waals surface area contributed by atoms with Crippen LogP contribution in [0.2, 0.25) is 0 Å². The van der Waals surface area contributed by atoms with Crippen molar-refractivity contribution in [2.45, 2.75) is 25.4 Å². The van der Waals surface area contributed by atoms with Gasteiger partial charge < -0.3 is 15.7 Å². The molecule has 0 saturated carbocycles. The fraction of sp³-hybridized carbons (Fsp3) is 0.263. The van der Waals surface area contributed by atoms with Gasteiger partial charge in [-0.25, -0.2) is 4.79 Å². The lowest BCUT2D eigenvalue weighted by atomic mass is 10.0. The molecule has 2 aromatic rings. The highest BCUT2D eigenvalue weighted by atomic mass is 16.3. The number of urea groups is 1. The van der Waals surface area contributed by atoms with Gasteiger partial charge in [0.05, 0.1) is 17.7 Å². The third kappa shape index (κ3) is 5.41. The van der Waals surface area contributed by atoms with Crippen LogP contribution in [0.15, 0.2) is 54.6 Å². The molecule has 1 atom stereocenters. The lowest BCUT2D eigenvalue weighted by molar-refractivity contribution is 0.232. The van der Waals surface area contributed by atoms with E-state index in [0.29, 0.717) is 24.9 Å². The Bertz CT molecular complexity index is 695. The zero-order chi connectivity index (χ0) is 17.2. The number of aliphatic hydroxyl groups is 1. The molecule has 0 radical (unpaired) electrons. The number of aliphatic hydroxyl groups excluding tert-OH is 1. The Labute approximate surface area is 141 Å². The van der Waals surface area contributed by atoms with E-state index < -0.39 is 0 Å². The van der Waals surface area contributed by atoms with Crippen LogP contribution in [0.1, 0.15) is 35.6 Å². The number of nitriles is 1. The van der Waals surface area contributed by atoms with Gasteiger partial charge in [-0.15, -0.1) is 0 Å². The van der Waals surface area contributed by atoms with Crippen LogP contribution in [-0.2, 0) is 6.54 Å². The monoisotopic (exact) mass is 323 g/mol. The maximum absolute atomic E-state index is 12.2. The van der Waals surface area contributed by atoms with Crippen LogP contribution < -0.4 is 10.6 Å². The van der Waals surface area contributed by atoms with Gasteiger partial charge in [0.15, 0.2) is 0 Å². The molecule has 0 fully saturated rings. The summed E-state index contributed by atoms with van der Waals surface area (Å²) in [6.45, 7) is 0.441. The van der Waals surface area contributed by atoms with Crippen molar-refractivity contribution in [1.29, 1.82) is 5.26 Å². The van der Waals surface area contributed by atoms with Crippen molar-refractivity contribution in [2.75, 3.05) is 6.61 Å². The predicted octanol–water partition coefficient (Wildman–Crippen LogP) is 2.87. The summed E-state index contributed by atoms with van der Waals surface area (Å²) in [5.74, 6) is 0. The zero-order valence-electron chi connectivity index (χ0n) is 13.4. The molecule has 1 unspecified atom stereocenters. The molecule has 2 amide bonds. The summed E-state index contributed by atoms with van der Waals surface area (Å²) in [7, 11) is 0. The molecule has 0 heterocycles. The van der Waals surface area contributed by atoms with E-state index >= 15 is 0 Å². The maximum Gasteiger partial charge on any atom is 0.315 e. The highest BCUT2D eigenvalue weighted by Crippen LogP contribution is 2.18. The Balaban J connectivity index is 1.93. The third-order valence-electron chi connectivity index (χ3n) is 3.67. The Kier molecular flexibility index (Phi) is 6.81. The van der Waals surface area contributed by atoms with Gasteiger partial charge in [0.1, 0.15) is 0 Å². The first-order valence-electron chi connectivity index (χ1n) is 7.92. The number of hydrogen-bond donors (Lipinski definition) is 3. The molecule has 0 spiro atoms. The van der Waals surface area contributed by atoms with Crippen molar-refractivity contribution in [2.24, 2.45) is 0 Å². The van der Waals surface area contributed by atoms with Crippen LogP contribution >= 0.6 is 0 Å². The van der Waals surface area contributed by atoms with E-state index in [9.17, 15) is 4.79 Å². The van der Waals surface area contributed by atoms with Gasteiger partial charge >= 0.3 is 6.03 Å². The molecule has 2 aromatic carbocycles. The van der Waals surface area contributed by atoms with Crippen molar-refractivity contribution in [3.63, 3.8) is 0 Å². The Hall–Kier alpha value is -2.84. The van der Waals surface area contributed by atoms with Gasteiger partial charge in [-0.1, -0.05) is 42.5 Å². The van der Waals surface area contributed by atoms with E-state index in [2.05, 4.69) is 16.7 Å². The number of hydrogen-bond acceptors (Lipinski definition) is 3. The second-order valence-corrected chi connectivity index (χ2v) is 5.47. The molecular formula is C19H21N3O2. The number of benzene rings is 2. The number of nitrogens with one attached hydrogen (secondary N) is 2. The zero-order valence-corrected chi connectivity index (χ0v) is 13.4. The minimum Gasteiger partial charge on any atom is -0.396 e. The van der Waals surface area contributed by atoms with Crippen molar-refractivity contribution in [1.82, 2.24) is 10.6 Å². The molecule has 24 heavy (non-hydrogen) atoms. The summed E-state index contributed by atoms with van der Waals surface area (Å²) in [5.41, 5.74) is 2.45. The molecule has 2 rings (SSSR count). The van der Waals surface area contributed by atoms with Gasteiger partial charge in [-0.2, -0.15) is 5.26 Å². The van der Waals surface area contributed by atoms with Gasteiger partial charge in [-0.05, 0) is 36.1 Å². The maximum atomic E-state index is 12.2. The molecule has 0 aliphatic rings. The van der Waals surface area contributed by atoms with Crippen molar-refractivity contribution in [3.8, 4) is 6.07 Å². The number of nitrogens with zero attached hydrogens (tertiary/aromatic N) is 1. The van der Waals surface area contributed by atoms with Crippen LogP contribution in [0.4, 0.5) is 4.79 Å². The summed E-state index contributed by atoms with van der Waals surface area (Å²) in [4.78, 5) is 12.2. The Morgan fingerprint density at radius 2 is 1.96 bits per heavy atom. The van der Waals surface area contributed by atoms with Gasteiger partial charge in [0.2, 0.25) is 0 Å². The Morgan fingerprint density at radius 1 is 1.17 bits per heavy atom. The van der Waals surface area contributed by atoms with Crippen molar-refractivity contribution < 1.29 is 9.90 Å². The summed E-state index contributed by atoms with van der Waals surface area (Å²) < 4.78 is 0. The lowest BCUT2D eigenvalue weighted by Gasteiger charge is -2.19. The second kappa shape index (κ2) is 9.33. The van der Waals surface area contributed by atoms with Gasteiger partial charge in [-0.3, -0.25) is 0 Å². The highest BCUT2D eigenvalue weighted by Gasteiger charge is 2.13. The standard InChI is InChI=1S/C19H21N3O2/c20-13-15-6-4-7-16(12-15)14-21-19(24)22-18(10-5-11-23)17-8-2-1-3-9-17/h1-4,6-9,12,18,23H,5,10-11,14H2,(H2,21,22,24). The predicted molar refractivity (Wildman–Crippen MR) is 92.0 cm³/mol. The smallest absolute Gasteiger partial charge is 0.315 e. The lowest BCUT2D eigenvalue weighted by Crippen LogP contribution is -2.37. The fourth-order valence-electron chi connectivity index (χ4n) is 2.45. The molecule has 5 nitrogen and oxygen atoms in total. The number of rotatable bonds is 7. The molecule has 0 aliphatic carbocycles. The van der Waals surface area contributed by atoms with E-state index in [4.69, 9.17) is 10.4 Å². The third-order valence-corrected chi connectivity index (χ3v) is 3.67. The molecule has 124 valence electrons. The minimum atomic E-state index is -0.274. The summed E-state index contributed by atoms with van der Waals surface area (Å²) in [5, 5.41) is 23.7. The van der Waals surface area contributed by atoms with Crippen LogP contribution in [0.25, 0.3) is 0 Å². The molecule has 0 bridgehead atoms. The van der Waals surface area contributed by atoms with Crippen LogP contribution in [0.5, 0.6) is 0 Å². The van der Waals surface area contributed by atoms with E-state index in [1.165, 1.54) is 0 Å². The normalized spacial score (nSPS) is 11.3. The minimum absolute atomic E-state index is 0.0909. The number of carbonyl (C=O) groups excluding carboxylic acids is 1. The Morgan fingerprint density at radius 3 is 2.67 bits per heavy atom. The average molecular weight is 323 g/mol. The SMILES string of the molecule is N#Cc1cccc(CNC(=O)NC(CCCO)c2ccccc2)c1. The first-order valence-corrected chi connectivity index (χ1v) is 7.92. The average Bonchev–Trinajstić information content (AvgIpc) is 2.64. The quantitative estimate of drug-likeness (QED) is 0.732. The van der Waals surface area contributed by atoms with E-state index in [-0.39, 0.29) is 18.7 Å². The first kappa shape index (κ1) is 17.5.